The Morgan fingerprint density at radius 2 is 1.86 bits per heavy atom. The van der Waals surface area contributed by atoms with E-state index < -0.39 is 0 Å². The van der Waals surface area contributed by atoms with E-state index in [0.717, 1.165) is 68.4 Å². The maximum atomic E-state index is 12.3. The van der Waals surface area contributed by atoms with Gasteiger partial charge in [-0.25, -0.2) is 9.67 Å². The number of ether oxygens (including phenoxy) is 3. The molecule has 4 saturated heterocycles. The number of carbonyl (C=O) groups is 1. The van der Waals surface area contributed by atoms with Crippen molar-refractivity contribution < 1.29 is 19.0 Å². The normalized spacial score (nSPS) is 28.2. The lowest BCUT2D eigenvalue weighted by molar-refractivity contribution is -0.0395. The first kappa shape index (κ1) is 23.1. The van der Waals surface area contributed by atoms with Crippen molar-refractivity contribution in [2.24, 2.45) is 0 Å². The number of aromatic nitrogens is 5. The van der Waals surface area contributed by atoms with Gasteiger partial charge in [-0.1, -0.05) is 0 Å². The lowest BCUT2D eigenvalue weighted by atomic mass is 10.1. The zero-order valence-electron chi connectivity index (χ0n) is 21.2. The van der Waals surface area contributed by atoms with Crippen LogP contribution in [0.3, 0.4) is 0 Å². The zero-order chi connectivity index (χ0) is 24.9. The van der Waals surface area contributed by atoms with Crippen molar-refractivity contribution in [2.75, 3.05) is 49.4 Å². The van der Waals surface area contributed by atoms with Crippen LogP contribution in [0.1, 0.15) is 55.7 Å². The number of rotatable bonds is 5. The van der Waals surface area contributed by atoms with Gasteiger partial charge < -0.3 is 24.0 Å². The van der Waals surface area contributed by atoms with E-state index in [0.29, 0.717) is 55.7 Å². The van der Waals surface area contributed by atoms with Crippen molar-refractivity contribution >= 4 is 28.8 Å². The maximum absolute atomic E-state index is 12.3. The smallest absolute Gasteiger partial charge is 0.177 e. The minimum Gasteiger partial charge on any atom is -0.377 e. The highest BCUT2D eigenvalue weighted by atomic mass is 16.5. The molecule has 0 amide bonds. The standard InChI is InChI=1S/C26H33N7O4/c1-17-14-35-11-9-30(17)21-12-23(32-18-5-6-19(32)16-36-15-18)27-26-25(21)20(13-34)28-33(26)22-7-8-31(29-22)24-4-2-3-10-37-24/h7-8,12-13,17-19,24H,2-6,9-11,14-16H2,1H3/t17-,18?,19?,24?/m1/s1. The molecule has 196 valence electrons. The van der Waals surface area contributed by atoms with E-state index in [2.05, 4.69) is 22.8 Å². The van der Waals surface area contributed by atoms with E-state index in [1.54, 1.807) is 4.68 Å². The molecule has 7 rings (SSSR count). The Morgan fingerprint density at radius 3 is 2.62 bits per heavy atom. The van der Waals surface area contributed by atoms with E-state index >= 15 is 0 Å². The molecule has 3 unspecified atom stereocenters. The summed E-state index contributed by atoms with van der Waals surface area (Å²) < 4.78 is 21.1. The lowest BCUT2D eigenvalue weighted by Gasteiger charge is -2.38. The number of hydrogen-bond donors (Lipinski definition) is 0. The van der Waals surface area contributed by atoms with E-state index in [9.17, 15) is 4.79 Å². The van der Waals surface area contributed by atoms with Gasteiger partial charge in [0.25, 0.3) is 0 Å². The van der Waals surface area contributed by atoms with Crippen LogP contribution < -0.4 is 9.80 Å². The summed E-state index contributed by atoms with van der Waals surface area (Å²) in [5.41, 5.74) is 2.00. The van der Waals surface area contributed by atoms with Crippen molar-refractivity contribution in [1.82, 2.24) is 24.5 Å². The fraction of sp³-hybridized carbons (Fsp3) is 0.615. The molecule has 4 aliphatic rings. The highest BCUT2D eigenvalue weighted by Gasteiger charge is 2.39. The van der Waals surface area contributed by atoms with Crippen molar-refractivity contribution in [1.29, 1.82) is 0 Å². The molecular weight excluding hydrogens is 474 g/mol. The highest BCUT2D eigenvalue weighted by Crippen LogP contribution is 2.39. The average molecular weight is 508 g/mol. The van der Waals surface area contributed by atoms with Gasteiger partial charge in [-0.15, -0.1) is 0 Å². The first-order valence-corrected chi connectivity index (χ1v) is 13.5. The summed E-state index contributed by atoms with van der Waals surface area (Å²) in [6.45, 7) is 6.34. The molecule has 0 spiro atoms. The largest absolute Gasteiger partial charge is 0.377 e. The first-order valence-electron chi connectivity index (χ1n) is 13.5. The van der Waals surface area contributed by atoms with Crippen LogP contribution in [-0.4, -0.2) is 88.5 Å². The number of fused-ring (bicyclic) bond motifs is 3. The van der Waals surface area contributed by atoms with Gasteiger partial charge in [-0.2, -0.15) is 14.9 Å². The van der Waals surface area contributed by atoms with Crippen LogP contribution in [0.4, 0.5) is 11.5 Å². The molecule has 3 aromatic rings. The van der Waals surface area contributed by atoms with Crippen LogP contribution in [0.2, 0.25) is 0 Å². The van der Waals surface area contributed by atoms with Crippen molar-refractivity contribution in [3.05, 3.63) is 24.0 Å². The van der Waals surface area contributed by atoms with Crippen LogP contribution in [0.5, 0.6) is 0 Å². The fourth-order valence-electron chi connectivity index (χ4n) is 6.33. The van der Waals surface area contributed by atoms with Gasteiger partial charge >= 0.3 is 0 Å². The molecule has 2 bridgehead atoms. The molecule has 0 aliphatic carbocycles. The summed E-state index contributed by atoms with van der Waals surface area (Å²) in [4.78, 5) is 22.2. The van der Waals surface area contributed by atoms with Gasteiger partial charge in [0.15, 0.2) is 17.8 Å². The summed E-state index contributed by atoms with van der Waals surface area (Å²) in [5, 5.41) is 10.3. The number of nitrogens with zero attached hydrogens (tertiary/aromatic N) is 7. The molecule has 0 saturated carbocycles. The number of anilines is 2. The Bertz CT molecular complexity index is 1280. The number of pyridine rings is 1. The van der Waals surface area contributed by atoms with Crippen LogP contribution in [0, 0.1) is 0 Å². The second kappa shape index (κ2) is 9.38. The Hall–Kier alpha value is -3.02. The summed E-state index contributed by atoms with van der Waals surface area (Å²) >= 11 is 0. The molecule has 7 heterocycles. The van der Waals surface area contributed by atoms with Crippen LogP contribution >= 0.6 is 0 Å². The van der Waals surface area contributed by atoms with E-state index in [1.807, 2.05) is 16.9 Å². The molecule has 3 aromatic heterocycles. The summed E-state index contributed by atoms with van der Waals surface area (Å²) in [6.07, 6.45) is 8.00. The van der Waals surface area contributed by atoms with Crippen LogP contribution in [-0.2, 0) is 14.2 Å². The van der Waals surface area contributed by atoms with Crippen LogP contribution in [0.25, 0.3) is 16.9 Å². The molecule has 0 aromatic carbocycles. The molecule has 11 nitrogen and oxygen atoms in total. The van der Waals surface area contributed by atoms with Crippen molar-refractivity contribution in [2.45, 2.75) is 63.4 Å². The molecule has 0 radical (unpaired) electrons. The Kier molecular flexibility index (Phi) is 5.86. The maximum Gasteiger partial charge on any atom is 0.177 e. The Morgan fingerprint density at radius 1 is 1.00 bits per heavy atom. The van der Waals surface area contributed by atoms with Gasteiger partial charge in [-0.05, 0) is 39.0 Å². The fourth-order valence-corrected chi connectivity index (χ4v) is 6.33. The minimum atomic E-state index is -0.0767. The molecule has 0 N–H and O–H groups in total. The van der Waals surface area contributed by atoms with E-state index in [-0.39, 0.29) is 12.3 Å². The molecule has 37 heavy (non-hydrogen) atoms. The van der Waals surface area contributed by atoms with Crippen molar-refractivity contribution in [3.8, 4) is 5.82 Å². The Balaban J connectivity index is 1.39. The Labute approximate surface area is 215 Å². The van der Waals surface area contributed by atoms with E-state index in [4.69, 9.17) is 29.4 Å². The van der Waals surface area contributed by atoms with Gasteiger partial charge in [-0.3, -0.25) is 4.79 Å². The van der Waals surface area contributed by atoms with Gasteiger partial charge in [0.1, 0.15) is 17.7 Å². The third-order valence-electron chi connectivity index (χ3n) is 8.19. The SMILES string of the molecule is C[C@@H]1COCCN1c1cc(N2C3CCC2COC3)nc2c1c(C=O)nn2-c1ccn(C2CCCCO2)n1. The van der Waals surface area contributed by atoms with Crippen LogP contribution in [0.15, 0.2) is 18.3 Å². The number of hydrogen-bond acceptors (Lipinski definition) is 9. The monoisotopic (exact) mass is 507 g/mol. The van der Waals surface area contributed by atoms with Gasteiger partial charge in [0, 0.05) is 37.5 Å². The molecular formula is C26H33N7O4. The third kappa shape index (κ3) is 3.91. The predicted octanol–water partition coefficient (Wildman–Crippen LogP) is 2.72. The first-order chi connectivity index (χ1) is 18.2. The number of morpholine rings is 2. The predicted molar refractivity (Wildman–Crippen MR) is 137 cm³/mol. The summed E-state index contributed by atoms with van der Waals surface area (Å²) in [7, 11) is 0. The van der Waals surface area contributed by atoms with Gasteiger partial charge in [0.2, 0.25) is 0 Å². The molecule has 4 fully saturated rings. The molecule has 4 aliphatic heterocycles. The molecule has 4 atom stereocenters. The quantitative estimate of drug-likeness (QED) is 0.483. The highest BCUT2D eigenvalue weighted by molar-refractivity contribution is 6.03. The minimum absolute atomic E-state index is 0.0767. The van der Waals surface area contributed by atoms with E-state index in [1.165, 1.54) is 0 Å². The lowest BCUT2D eigenvalue weighted by Crippen LogP contribution is -2.47. The second-order valence-corrected chi connectivity index (χ2v) is 10.5. The third-order valence-corrected chi connectivity index (χ3v) is 8.19. The summed E-state index contributed by atoms with van der Waals surface area (Å²) in [5.74, 6) is 1.54. The topological polar surface area (TPSA) is 99.8 Å². The number of aldehydes is 1. The number of carbonyl (C=O) groups excluding carboxylic acids is 1. The molecule has 11 heteroatoms. The van der Waals surface area contributed by atoms with Crippen molar-refractivity contribution in [3.63, 3.8) is 0 Å². The average Bonchev–Trinajstić information content (AvgIpc) is 3.63. The summed E-state index contributed by atoms with van der Waals surface area (Å²) in [6, 6.07) is 4.85. The van der Waals surface area contributed by atoms with Gasteiger partial charge in [0.05, 0.1) is 49.6 Å². The second-order valence-electron chi connectivity index (χ2n) is 10.5. The zero-order valence-corrected chi connectivity index (χ0v) is 21.2.